The summed E-state index contributed by atoms with van der Waals surface area (Å²) in [5.74, 6) is 1.41. The summed E-state index contributed by atoms with van der Waals surface area (Å²) in [6, 6.07) is 0.812. The second-order valence-corrected chi connectivity index (χ2v) is 3.74. The third kappa shape index (κ3) is 2.23. The standard InChI is InChI=1S/C10H17N2O/c1-7(2)12(8(3)4)10-6-11-9(5)13-10/h7-8H,1-5H3. The molecule has 73 valence electrons. The SMILES string of the molecule is Cc1n[c]c(N(C(C)C)C(C)C)o1. The van der Waals surface area contributed by atoms with E-state index in [0.29, 0.717) is 18.0 Å². The van der Waals surface area contributed by atoms with Gasteiger partial charge in [-0.1, -0.05) is 0 Å². The van der Waals surface area contributed by atoms with Gasteiger partial charge in [0.15, 0.2) is 12.1 Å². The molecule has 0 amide bonds. The van der Waals surface area contributed by atoms with Gasteiger partial charge in [0.1, 0.15) is 0 Å². The number of nitrogens with zero attached hydrogens (tertiary/aromatic N) is 2. The van der Waals surface area contributed by atoms with Crippen molar-refractivity contribution in [2.45, 2.75) is 46.7 Å². The van der Waals surface area contributed by atoms with Gasteiger partial charge in [0.05, 0.1) is 0 Å². The molecule has 0 aromatic carbocycles. The average Bonchev–Trinajstić information content (AvgIpc) is 2.34. The first-order valence-electron chi connectivity index (χ1n) is 4.65. The molecule has 0 aliphatic carbocycles. The maximum atomic E-state index is 5.43. The van der Waals surface area contributed by atoms with Crippen LogP contribution in [0, 0.1) is 13.1 Å². The van der Waals surface area contributed by atoms with Crippen molar-refractivity contribution in [2.75, 3.05) is 4.90 Å². The molecule has 3 nitrogen and oxygen atoms in total. The molecular formula is C10H17N2O. The molecule has 13 heavy (non-hydrogen) atoms. The van der Waals surface area contributed by atoms with E-state index in [2.05, 4.69) is 43.8 Å². The fourth-order valence-electron chi connectivity index (χ4n) is 1.49. The minimum absolute atomic E-state index is 0.406. The number of anilines is 1. The van der Waals surface area contributed by atoms with Crippen molar-refractivity contribution in [3.63, 3.8) is 0 Å². The predicted octanol–water partition coefficient (Wildman–Crippen LogP) is 2.41. The summed E-state index contributed by atoms with van der Waals surface area (Å²) in [6.07, 6.45) is 2.88. The first-order chi connectivity index (χ1) is 6.02. The molecule has 1 aromatic rings. The average molecular weight is 181 g/mol. The normalized spacial score (nSPS) is 11.3. The van der Waals surface area contributed by atoms with Gasteiger partial charge in [-0.15, -0.1) is 0 Å². The molecule has 1 radical (unpaired) electrons. The van der Waals surface area contributed by atoms with E-state index in [1.807, 2.05) is 6.92 Å². The van der Waals surface area contributed by atoms with Crippen molar-refractivity contribution in [3.8, 4) is 0 Å². The molecule has 0 aliphatic rings. The van der Waals surface area contributed by atoms with E-state index in [1.165, 1.54) is 0 Å². The molecule has 0 saturated carbocycles. The van der Waals surface area contributed by atoms with E-state index in [9.17, 15) is 0 Å². The van der Waals surface area contributed by atoms with Gasteiger partial charge in [0.2, 0.25) is 5.88 Å². The first-order valence-corrected chi connectivity index (χ1v) is 4.65. The molecule has 0 aliphatic heterocycles. The second-order valence-electron chi connectivity index (χ2n) is 3.74. The Morgan fingerprint density at radius 2 is 1.77 bits per heavy atom. The topological polar surface area (TPSA) is 29.3 Å². The van der Waals surface area contributed by atoms with Crippen LogP contribution in [-0.4, -0.2) is 17.1 Å². The van der Waals surface area contributed by atoms with Gasteiger partial charge >= 0.3 is 0 Å². The van der Waals surface area contributed by atoms with Crippen LogP contribution in [0.2, 0.25) is 0 Å². The molecule has 1 heterocycles. The van der Waals surface area contributed by atoms with Crippen LogP contribution >= 0.6 is 0 Å². The van der Waals surface area contributed by atoms with Gasteiger partial charge in [-0.25, -0.2) is 4.98 Å². The summed E-state index contributed by atoms with van der Waals surface area (Å²) in [4.78, 5) is 6.12. The van der Waals surface area contributed by atoms with Crippen LogP contribution in [-0.2, 0) is 0 Å². The lowest BCUT2D eigenvalue weighted by Gasteiger charge is -2.29. The highest BCUT2D eigenvalue weighted by Gasteiger charge is 2.17. The molecule has 0 N–H and O–H groups in total. The van der Waals surface area contributed by atoms with Crippen LogP contribution in [0.5, 0.6) is 0 Å². The van der Waals surface area contributed by atoms with Crippen molar-refractivity contribution in [2.24, 2.45) is 0 Å². The van der Waals surface area contributed by atoms with Crippen LogP contribution < -0.4 is 4.90 Å². The minimum atomic E-state index is 0.406. The maximum Gasteiger partial charge on any atom is 0.226 e. The summed E-state index contributed by atoms with van der Waals surface area (Å²) in [7, 11) is 0. The summed E-state index contributed by atoms with van der Waals surface area (Å²) < 4.78 is 5.43. The van der Waals surface area contributed by atoms with Crippen LogP contribution in [0.1, 0.15) is 33.6 Å². The van der Waals surface area contributed by atoms with E-state index in [-0.39, 0.29) is 0 Å². The lowest BCUT2D eigenvalue weighted by atomic mass is 10.2. The quantitative estimate of drug-likeness (QED) is 0.717. The Balaban J connectivity index is 2.88. The predicted molar refractivity (Wildman–Crippen MR) is 52.8 cm³/mol. The Morgan fingerprint density at radius 1 is 1.23 bits per heavy atom. The molecule has 0 unspecified atom stereocenters. The molecule has 0 saturated heterocycles. The monoisotopic (exact) mass is 181 g/mol. The molecule has 3 heteroatoms. The Hall–Kier alpha value is -0.990. The molecular weight excluding hydrogens is 164 g/mol. The maximum absolute atomic E-state index is 5.43. The zero-order valence-corrected chi connectivity index (χ0v) is 8.96. The number of oxazole rings is 1. The van der Waals surface area contributed by atoms with Crippen LogP contribution in [0.25, 0.3) is 0 Å². The van der Waals surface area contributed by atoms with Gasteiger partial charge < -0.3 is 9.32 Å². The Morgan fingerprint density at radius 3 is 2.08 bits per heavy atom. The Bertz CT molecular complexity index is 258. The van der Waals surface area contributed by atoms with Gasteiger partial charge in [0, 0.05) is 19.0 Å². The van der Waals surface area contributed by atoms with Crippen molar-refractivity contribution < 1.29 is 4.42 Å². The van der Waals surface area contributed by atoms with E-state index in [1.54, 1.807) is 0 Å². The van der Waals surface area contributed by atoms with Gasteiger partial charge in [-0.3, -0.25) is 0 Å². The number of aromatic nitrogens is 1. The zero-order chi connectivity index (χ0) is 10.0. The molecule has 0 atom stereocenters. The molecule has 0 bridgehead atoms. The Kier molecular flexibility index (Phi) is 2.96. The number of aryl methyl sites for hydroxylation is 1. The van der Waals surface area contributed by atoms with Gasteiger partial charge in [-0.05, 0) is 27.7 Å². The first kappa shape index (κ1) is 10.1. The van der Waals surface area contributed by atoms with E-state index >= 15 is 0 Å². The van der Waals surface area contributed by atoms with Crippen molar-refractivity contribution in [3.05, 3.63) is 12.1 Å². The fourth-order valence-corrected chi connectivity index (χ4v) is 1.49. The fraction of sp³-hybridized carbons (Fsp3) is 0.700. The number of hydrogen-bond donors (Lipinski definition) is 0. The second kappa shape index (κ2) is 3.81. The van der Waals surface area contributed by atoms with Crippen LogP contribution in [0.4, 0.5) is 5.88 Å². The molecule has 0 fully saturated rings. The summed E-state index contributed by atoms with van der Waals surface area (Å²) in [6.45, 7) is 10.4. The lowest BCUT2D eigenvalue weighted by Crippen LogP contribution is -2.36. The van der Waals surface area contributed by atoms with E-state index < -0.39 is 0 Å². The van der Waals surface area contributed by atoms with E-state index in [4.69, 9.17) is 4.42 Å². The third-order valence-electron chi connectivity index (χ3n) is 1.90. The van der Waals surface area contributed by atoms with Crippen LogP contribution in [0.3, 0.4) is 0 Å². The number of hydrogen-bond acceptors (Lipinski definition) is 3. The minimum Gasteiger partial charge on any atom is -0.425 e. The largest absolute Gasteiger partial charge is 0.425 e. The molecule has 1 aromatic heterocycles. The highest BCUT2D eigenvalue weighted by atomic mass is 16.4. The van der Waals surface area contributed by atoms with Gasteiger partial charge in [0.25, 0.3) is 0 Å². The summed E-state index contributed by atoms with van der Waals surface area (Å²) >= 11 is 0. The van der Waals surface area contributed by atoms with E-state index in [0.717, 1.165) is 5.88 Å². The Labute approximate surface area is 79.8 Å². The zero-order valence-electron chi connectivity index (χ0n) is 8.96. The van der Waals surface area contributed by atoms with Crippen molar-refractivity contribution in [1.82, 2.24) is 4.98 Å². The van der Waals surface area contributed by atoms with Crippen molar-refractivity contribution in [1.29, 1.82) is 0 Å². The van der Waals surface area contributed by atoms with Gasteiger partial charge in [-0.2, -0.15) is 0 Å². The van der Waals surface area contributed by atoms with Crippen molar-refractivity contribution >= 4 is 5.88 Å². The third-order valence-corrected chi connectivity index (χ3v) is 1.90. The molecule has 0 spiro atoms. The lowest BCUT2D eigenvalue weighted by molar-refractivity contribution is 0.473. The smallest absolute Gasteiger partial charge is 0.226 e. The van der Waals surface area contributed by atoms with Crippen LogP contribution in [0.15, 0.2) is 4.42 Å². The molecule has 1 rings (SSSR count). The highest BCUT2D eigenvalue weighted by molar-refractivity contribution is 5.33. The summed E-state index contributed by atoms with van der Waals surface area (Å²) in [5, 5.41) is 0. The highest BCUT2D eigenvalue weighted by Crippen LogP contribution is 2.19. The number of rotatable bonds is 3. The summed E-state index contributed by atoms with van der Waals surface area (Å²) in [5.41, 5.74) is 0.